The average Bonchev–Trinajstić information content (AvgIpc) is 2.44. The van der Waals surface area contributed by atoms with Crippen LogP contribution >= 0.6 is 0 Å². The van der Waals surface area contributed by atoms with Crippen LogP contribution in [0.25, 0.3) is 0 Å². The largest absolute Gasteiger partial charge is 0.414 e. The van der Waals surface area contributed by atoms with Crippen LogP contribution in [0, 0.1) is 0 Å². The molecule has 6 heteroatoms. The Morgan fingerprint density at radius 3 is 2.28 bits per heavy atom. The number of rotatable bonds is 8. The van der Waals surface area contributed by atoms with Gasteiger partial charge in [-0.25, -0.2) is 0 Å². The molecule has 0 radical (unpaired) electrons. The van der Waals surface area contributed by atoms with Gasteiger partial charge in [-0.15, -0.1) is 0 Å². The first-order valence-electron chi connectivity index (χ1n) is 6.35. The van der Waals surface area contributed by atoms with Crippen LogP contribution in [0.15, 0.2) is 0 Å². The van der Waals surface area contributed by atoms with Gasteiger partial charge >= 0.3 is 6.16 Å². The fraction of sp³-hybridized carbons (Fsp3) is 1.00. The zero-order chi connectivity index (χ0) is 13.5. The van der Waals surface area contributed by atoms with Crippen molar-refractivity contribution in [3.8, 4) is 0 Å². The Balaban J connectivity index is 2.75. The van der Waals surface area contributed by atoms with Gasteiger partial charge in [0.05, 0.1) is 6.61 Å². The highest BCUT2D eigenvalue weighted by Gasteiger charge is 2.45. The van der Waals surface area contributed by atoms with Crippen LogP contribution in [0.2, 0.25) is 0 Å². The highest BCUT2D eigenvalue weighted by atomic mass is 17.0. The number of ether oxygens (including phenoxy) is 5. The van der Waals surface area contributed by atoms with E-state index in [4.69, 9.17) is 29.4 Å². The van der Waals surface area contributed by atoms with Crippen LogP contribution in [-0.4, -0.2) is 46.4 Å². The molecule has 1 aliphatic rings. The molecule has 0 spiro atoms. The minimum absolute atomic E-state index is 0.592. The van der Waals surface area contributed by atoms with Gasteiger partial charge in [-0.2, -0.15) is 0 Å². The Bertz CT molecular complexity index is 218. The van der Waals surface area contributed by atoms with E-state index in [0.717, 1.165) is 25.7 Å². The molecule has 0 bridgehead atoms. The van der Waals surface area contributed by atoms with Crippen LogP contribution in [0.3, 0.4) is 0 Å². The van der Waals surface area contributed by atoms with Gasteiger partial charge in [-0.1, -0.05) is 0 Å². The van der Waals surface area contributed by atoms with E-state index >= 15 is 0 Å². The van der Waals surface area contributed by atoms with Gasteiger partial charge < -0.3 is 24.7 Å². The monoisotopic (exact) mass is 263 g/mol. The zero-order valence-corrected chi connectivity index (χ0v) is 11.6. The molecular weight excluding hydrogens is 238 g/mol. The molecule has 1 aliphatic heterocycles. The van der Waals surface area contributed by atoms with Crippen molar-refractivity contribution < 1.29 is 23.7 Å². The molecule has 1 fully saturated rings. The van der Waals surface area contributed by atoms with Crippen molar-refractivity contribution >= 4 is 0 Å². The van der Waals surface area contributed by atoms with E-state index in [1.54, 1.807) is 0 Å². The van der Waals surface area contributed by atoms with Crippen LogP contribution < -0.4 is 5.73 Å². The standard InChI is InChI=1S/C12H25NO5/c1-14-12(15-2,16-3)18-11(8-6-9-13)7-4-5-10-17-11/h4-10,13H2,1-3H3. The van der Waals surface area contributed by atoms with Gasteiger partial charge in [0, 0.05) is 34.2 Å². The van der Waals surface area contributed by atoms with Gasteiger partial charge in [-0.3, -0.25) is 4.74 Å². The van der Waals surface area contributed by atoms with Crippen molar-refractivity contribution in [2.75, 3.05) is 34.5 Å². The van der Waals surface area contributed by atoms with Crippen LogP contribution in [0.4, 0.5) is 0 Å². The first-order chi connectivity index (χ1) is 8.66. The Labute approximate surface area is 109 Å². The van der Waals surface area contributed by atoms with E-state index in [-0.39, 0.29) is 0 Å². The number of hydrogen-bond donors (Lipinski definition) is 1. The molecular formula is C12H25NO5. The summed E-state index contributed by atoms with van der Waals surface area (Å²) in [6.45, 7) is 1.26. The molecule has 1 saturated heterocycles. The number of methoxy groups -OCH3 is 3. The van der Waals surface area contributed by atoms with E-state index in [9.17, 15) is 0 Å². The average molecular weight is 263 g/mol. The van der Waals surface area contributed by atoms with Crippen LogP contribution in [0.5, 0.6) is 0 Å². The van der Waals surface area contributed by atoms with E-state index in [1.807, 2.05) is 0 Å². The lowest BCUT2D eigenvalue weighted by atomic mass is 10.0. The molecule has 0 saturated carbocycles. The molecule has 6 nitrogen and oxygen atoms in total. The molecule has 0 aromatic heterocycles. The molecule has 0 aromatic carbocycles. The molecule has 1 unspecified atom stereocenters. The molecule has 18 heavy (non-hydrogen) atoms. The Morgan fingerprint density at radius 1 is 1.17 bits per heavy atom. The molecule has 0 aliphatic carbocycles. The third kappa shape index (κ3) is 3.88. The lowest BCUT2D eigenvalue weighted by Crippen LogP contribution is -2.51. The second-order valence-corrected chi connectivity index (χ2v) is 4.32. The lowest BCUT2D eigenvalue weighted by molar-refractivity contribution is -0.529. The normalized spacial score (nSPS) is 25.3. The second kappa shape index (κ2) is 7.37. The fourth-order valence-electron chi connectivity index (χ4n) is 2.13. The highest BCUT2D eigenvalue weighted by molar-refractivity contribution is 4.75. The van der Waals surface area contributed by atoms with Crippen molar-refractivity contribution in [3.05, 3.63) is 0 Å². The Hall–Kier alpha value is -0.240. The highest BCUT2D eigenvalue weighted by Crippen LogP contribution is 2.35. The quantitative estimate of drug-likeness (QED) is 0.663. The third-order valence-electron chi connectivity index (χ3n) is 3.14. The summed E-state index contributed by atoms with van der Waals surface area (Å²) >= 11 is 0. The van der Waals surface area contributed by atoms with Crippen molar-refractivity contribution in [1.82, 2.24) is 0 Å². The predicted molar refractivity (Wildman–Crippen MR) is 65.7 cm³/mol. The van der Waals surface area contributed by atoms with E-state index < -0.39 is 11.9 Å². The molecule has 0 aromatic rings. The van der Waals surface area contributed by atoms with Gasteiger partial charge in [0.2, 0.25) is 0 Å². The SMILES string of the molecule is COC(OC)(OC)OC1(CCCN)CCCCO1. The summed E-state index contributed by atoms with van der Waals surface area (Å²) in [7, 11) is 4.39. The first-order valence-corrected chi connectivity index (χ1v) is 6.35. The van der Waals surface area contributed by atoms with Crippen molar-refractivity contribution in [1.29, 1.82) is 0 Å². The summed E-state index contributed by atoms with van der Waals surface area (Å²) in [6, 6.07) is 0. The van der Waals surface area contributed by atoms with E-state index in [2.05, 4.69) is 0 Å². The first kappa shape index (κ1) is 15.8. The van der Waals surface area contributed by atoms with Crippen molar-refractivity contribution in [3.63, 3.8) is 0 Å². The molecule has 1 atom stereocenters. The summed E-state index contributed by atoms with van der Waals surface area (Å²) in [5.74, 6) is -0.736. The zero-order valence-electron chi connectivity index (χ0n) is 11.6. The smallest absolute Gasteiger partial charge is 0.350 e. The van der Waals surface area contributed by atoms with Crippen LogP contribution in [-0.2, 0) is 23.7 Å². The lowest BCUT2D eigenvalue weighted by Gasteiger charge is -2.42. The summed E-state index contributed by atoms with van der Waals surface area (Å²) in [5, 5.41) is 0. The van der Waals surface area contributed by atoms with Gasteiger partial charge in [0.1, 0.15) is 0 Å². The summed E-state index contributed by atoms with van der Waals surface area (Å²) in [6.07, 6.45) is 2.84. The molecule has 1 heterocycles. The molecule has 2 N–H and O–H groups in total. The van der Waals surface area contributed by atoms with E-state index in [0.29, 0.717) is 19.6 Å². The fourth-order valence-corrected chi connectivity index (χ4v) is 2.13. The maximum Gasteiger partial charge on any atom is 0.414 e. The third-order valence-corrected chi connectivity index (χ3v) is 3.14. The number of nitrogens with two attached hydrogens (primary N) is 1. The number of hydrogen-bond acceptors (Lipinski definition) is 6. The summed E-state index contributed by atoms with van der Waals surface area (Å²) < 4.78 is 27.2. The maximum atomic E-state index is 5.87. The Kier molecular flexibility index (Phi) is 6.48. The molecule has 108 valence electrons. The van der Waals surface area contributed by atoms with E-state index in [1.165, 1.54) is 21.3 Å². The topological polar surface area (TPSA) is 72.2 Å². The van der Waals surface area contributed by atoms with Crippen molar-refractivity contribution in [2.24, 2.45) is 5.73 Å². The predicted octanol–water partition coefficient (Wildman–Crippen LogP) is 1.19. The van der Waals surface area contributed by atoms with Gasteiger partial charge in [-0.05, 0) is 25.8 Å². The van der Waals surface area contributed by atoms with Crippen LogP contribution in [0.1, 0.15) is 32.1 Å². The second-order valence-electron chi connectivity index (χ2n) is 4.32. The van der Waals surface area contributed by atoms with Gasteiger partial charge in [0.15, 0.2) is 5.79 Å². The van der Waals surface area contributed by atoms with Gasteiger partial charge in [0.25, 0.3) is 0 Å². The van der Waals surface area contributed by atoms with Crippen molar-refractivity contribution in [2.45, 2.75) is 44.1 Å². The molecule has 1 rings (SSSR count). The summed E-state index contributed by atoms with van der Waals surface area (Å²) in [4.78, 5) is 0. The maximum absolute atomic E-state index is 5.87. The minimum Gasteiger partial charge on any atom is -0.350 e. The summed E-state index contributed by atoms with van der Waals surface area (Å²) in [5.41, 5.74) is 5.56. The Morgan fingerprint density at radius 2 is 1.83 bits per heavy atom. The minimum atomic E-state index is -1.52. The molecule has 0 amide bonds.